The van der Waals surface area contributed by atoms with Crippen LogP contribution in [0.5, 0.6) is 0 Å². The maximum absolute atomic E-state index is 2.39. The van der Waals surface area contributed by atoms with Gasteiger partial charge >= 0.3 is 0 Å². The van der Waals surface area contributed by atoms with Crippen molar-refractivity contribution in [2.45, 2.75) is 118 Å². The number of hydrogen-bond acceptors (Lipinski definition) is 0. The Hall–Kier alpha value is -2.81. The van der Waals surface area contributed by atoms with E-state index in [0.29, 0.717) is 0 Å². The predicted molar refractivity (Wildman–Crippen MR) is 222 cm³/mol. The molecule has 6 aromatic carbocycles. The quantitative estimate of drug-likeness (QED) is 0.106. The van der Waals surface area contributed by atoms with Gasteiger partial charge in [0.15, 0.2) is 0 Å². The number of fused-ring (bicyclic) bond motifs is 2. The van der Waals surface area contributed by atoms with E-state index in [9.17, 15) is 0 Å². The van der Waals surface area contributed by atoms with Crippen LogP contribution in [0.1, 0.15) is 103 Å². The summed E-state index contributed by atoms with van der Waals surface area (Å²) in [5.41, 5.74) is 11.7. The molecule has 0 saturated carbocycles. The van der Waals surface area contributed by atoms with Gasteiger partial charge in [0.25, 0.3) is 0 Å². The molecular weight excluding hydrogens is 783 g/mol. The van der Waals surface area contributed by atoms with Crippen LogP contribution in [-0.2, 0) is 49.5 Å². The van der Waals surface area contributed by atoms with E-state index in [1.165, 1.54) is 91.7 Å². The first-order valence-electron chi connectivity index (χ1n) is 18.6. The molecule has 6 rings (SSSR count). The molecule has 0 N–H and O–H groups in total. The third-order valence-electron chi connectivity index (χ3n) is 9.45. The second-order valence-corrected chi connectivity index (χ2v) is 16.6. The van der Waals surface area contributed by atoms with Crippen LogP contribution < -0.4 is 0 Å². The molecule has 0 amide bonds. The Kier molecular flexibility index (Phi) is 15.9. The zero-order valence-corrected chi connectivity index (χ0v) is 37.2. The number of aryl methyl sites for hydroxylation is 2. The molecular formula is C48H60HfSi-2. The van der Waals surface area contributed by atoms with Crippen molar-refractivity contribution in [1.29, 1.82) is 0 Å². The molecule has 0 nitrogen and oxygen atoms in total. The van der Waals surface area contributed by atoms with Crippen molar-refractivity contribution < 1.29 is 25.8 Å². The maximum Gasteiger partial charge on any atom is 0.0307 e. The molecule has 2 heteroatoms. The molecule has 0 unspecified atom stereocenters. The van der Waals surface area contributed by atoms with Crippen LogP contribution in [-0.4, -0.2) is 9.52 Å². The molecule has 0 heterocycles. The van der Waals surface area contributed by atoms with Crippen LogP contribution in [0.15, 0.2) is 109 Å². The second kappa shape index (κ2) is 19.1. The largest absolute Gasteiger partial charge is 0.164 e. The Morgan fingerprint density at radius 1 is 0.500 bits per heavy atom. The van der Waals surface area contributed by atoms with Gasteiger partial charge in [-0.05, 0) is 58.8 Å². The Balaban J connectivity index is 0.000000246. The summed E-state index contributed by atoms with van der Waals surface area (Å²) in [6.07, 6.45) is 7.31. The number of unbranched alkanes of at least 4 members (excludes halogenated alkanes) is 2. The SMILES string of the molecule is CCCCc1ccccc1-c1cccc2[cH-]c(C(C)(C)C)cc12.CCCCc1ccccc1-c1cccc2[cH-]c(C(C)(C)C)cc12.C[Si]C.[Hf]. The van der Waals surface area contributed by atoms with Crippen molar-refractivity contribution >= 4 is 31.1 Å². The topological polar surface area (TPSA) is 0 Å². The summed E-state index contributed by atoms with van der Waals surface area (Å²) < 4.78 is 0. The normalized spacial score (nSPS) is 11.4. The van der Waals surface area contributed by atoms with Gasteiger partial charge in [0.05, 0.1) is 0 Å². The van der Waals surface area contributed by atoms with Gasteiger partial charge in [0.1, 0.15) is 0 Å². The Morgan fingerprint density at radius 3 is 1.18 bits per heavy atom. The summed E-state index contributed by atoms with van der Waals surface area (Å²) in [6, 6.07) is 40.7. The molecule has 50 heavy (non-hydrogen) atoms. The predicted octanol–water partition coefficient (Wildman–Crippen LogP) is 14.5. The minimum atomic E-state index is 0. The fraction of sp³-hybridized carbons (Fsp3) is 0.375. The van der Waals surface area contributed by atoms with Gasteiger partial charge in [-0.3, -0.25) is 0 Å². The fourth-order valence-corrected chi connectivity index (χ4v) is 6.54. The van der Waals surface area contributed by atoms with Crippen LogP contribution in [0.2, 0.25) is 13.1 Å². The van der Waals surface area contributed by atoms with Gasteiger partial charge in [-0.2, -0.15) is 12.1 Å². The van der Waals surface area contributed by atoms with Crippen molar-refractivity contribution in [3.8, 4) is 22.3 Å². The molecule has 0 aliphatic carbocycles. The Morgan fingerprint density at radius 2 is 0.840 bits per heavy atom. The smallest absolute Gasteiger partial charge is 0.0307 e. The molecule has 0 fully saturated rings. The summed E-state index contributed by atoms with van der Waals surface area (Å²) in [7, 11) is 1.08. The molecule has 0 spiro atoms. The second-order valence-electron chi connectivity index (χ2n) is 15.6. The summed E-state index contributed by atoms with van der Waals surface area (Å²) in [5, 5.41) is 5.50. The first-order valence-corrected chi connectivity index (χ1v) is 20.6. The van der Waals surface area contributed by atoms with E-state index in [2.05, 4.69) is 178 Å². The molecule has 262 valence electrons. The van der Waals surface area contributed by atoms with E-state index in [1.54, 1.807) is 0 Å². The summed E-state index contributed by atoms with van der Waals surface area (Å²) in [5.74, 6) is 0. The van der Waals surface area contributed by atoms with Crippen LogP contribution in [0, 0.1) is 0 Å². The number of rotatable bonds is 8. The van der Waals surface area contributed by atoms with Crippen molar-refractivity contribution in [3.05, 3.63) is 131 Å². The number of benzene rings is 4. The van der Waals surface area contributed by atoms with Gasteiger partial charge in [-0.15, -0.1) is 69.1 Å². The van der Waals surface area contributed by atoms with E-state index in [1.807, 2.05) is 0 Å². The van der Waals surface area contributed by atoms with Crippen LogP contribution >= 0.6 is 0 Å². The standard InChI is InChI=1S/2C23H27.C2H6Si.Hf/c2*1-5-6-10-17-11-7-8-13-20(17)21-14-9-12-18-15-19(16-22(18)21)23(2,3)4;1-3-2;/h2*7-9,11-16H,5-6,10H2,1-4H3;1-2H3;/q2*-1;;. The maximum atomic E-state index is 2.39. The first-order chi connectivity index (χ1) is 23.4. The van der Waals surface area contributed by atoms with Crippen molar-refractivity contribution in [1.82, 2.24) is 0 Å². The Bertz CT molecular complexity index is 1760. The van der Waals surface area contributed by atoms with Gasteiger partial charge < -0.3 is 0 Å². The summed E-state index contributed by atoms with van der Waals surface area (Å²) in [6.45, 7) is 22.6. The third-order valence-corrected chi connectivity index (χ3v) is 9.45. The zero-order valence-electron chi connectivity index (χ0n) is 32.6. The molecule has 0 aliphatic heterocycles. The molecule has 0 bridgehead atoms. The van der Waals surface area contributed by atoms with Crippen LogP contribution in [0.3, 0.4) is 0 Å². The molecule has 0 aliphatic rings. The van der Waals surface area contributed by atoms with Gasteiger partial charge in [0.2, 0.25) is 0 Å². The molecule has 0 saturated heterocycles. The van der Waals surface area contributed by atoms with Crippen molar-refractivity contribution in [2.24, 2.45) is 0 Å². The average molecular weight is 844 g/mol. The van der Waals surface area contributed by atoms with Crippen LogP contribution in [0.4, 0.5) is 0 Å². The molecule has 6 aromatic rings. The minimum Gasteiger partial charge on any atom is -0.164 e. The van der Waals surface area contributed by atoms with Crippen molar-refractivity contribution in [2.75, 3.05) is 0 Å². The molecule has 0 atom stereocenters. The summed E-state index contributed by atoms with van der Waals surface area (Å²) in [4.78, 5) is 0. The van der Waals surface area contributed by atoms with E-state index >= 15 is 0 Å². The minimum absolute atomic E-state index is 0. The monoisotopic (exact) mass is 844 g/mol. The van der Waals surface area contributed by atoms with E-state index in [0.717, 1.165) is 22.4 Å². The average Bonchev–Trinajstić information content (AvgIpc) is 3.73. The van der Waals surface area contributed by atoms with E-state index in [-0.39, 0.29) is 36.7 Å². The Labute approximate surface area is 326 Å². The van der Waals surface area contributed by atoms with Gasteiger partial charge in [-0.1, -0.05) is 153 Å². The first kappa shape index (κ1) is 41.6. The van der Waals surface area contributed by atoms with Crippen molar-refractivity contribution in [3.63, 3.8) is 0 Å². The zero-order chi connectivity index (χ0) is 35.6. The van der Waals surface area contributed by atoms with Gasteiger partial charge in [0, 0.05) is 35.4 Å². The number of hydrogen-bond donors (Lipinski definition) is 0. The van der Waals surface area contributed by atoms with E-state index < -0.39 is 0 Å². The fourth-order valence-electron chi connectivity index (χ4n) is 6.54. The van der Waals surface area contributed by atoms with E-state index in [4.69, 9.17) is 0 Å². The molecule has 0 aromatic heterocycles. The van der Waals surface area contributed by atoms with Gasteiger partial charge in [-0.25, -0.2) is 0 Å². The third kappa shape index (κ3) is 10.6. The van der Waals surface area contributed by atoms with Crippen LogP contribution in [0.25, 0.3) is 43.8 Å². The molecule has 2 radical (unpaired) electrons. The summed E-state index contributed by atoms with van der Waals surface area (Å²) >= 11 is 0.